The molecule has 0 saturated carbocycles. The summed E-state index contributed by atoms with van der Waals surface area (Å²) in [7, 11) is 0. The first-order valence-corrected chi connectivity index (χ1v) is 9.42. The van der Waals surface area contributed by atoms with Crippen molar-refractivity contribution < 1.29 is 14.3 Å². The first-order valence-electron chi connectivity index (χ1n) is 9.42. The summed E-state index contributed by atoms with van der Waals surface area (Å²) in [5.41, 5.74) is 1.13. The lowest BCUT2D eigenvalue weighted by Gasteiger charge is -2.47. The number of hydrogen-bond acceptors (Lipinski definition) is 4. The lowest BCUT2D eigenvalue weighted by Crippen LogP contribution is -2.59. The summed E-state index contributed by atoms with van der Waals surface area (Å²) in [6, 6.07) is 12.3. The molecule has 3 heterocycles. The van der Waals surface area contributed by atoms with E-state index < -0.39 is 11.5 Å². The number of nitrogens with one attached hydrogen (secondary N) is 1. The molecule has 2 N–H and O–H groups in total. The maximum absolute atomic E-state index is 13.1. The summed E-state index contributed by atoms with van der Waals surface area (Å²) in [6.07, 6.45) is 2.71. The van der Waals surface area contributed by atoms with Crippen molar-refractivity contribution in [3.05, 3.63) is 65.7 Å². The Morgan fingerprint density at radius 2 is 2.07 bits per heavy atom. The van der Waals surface area contributed by atoms with Crippen LogP contribution in [0.25, 0.3) is 0 Å². The van der Waals surface area contributed by atoms with E-state index in [-0.39, 0.29) is 17.8 Å². The summed E-state index contributed by atoms with van der Waals surface area (Å²) in [6.45, 7) is 2.02. The monoisotopic (exact) mass is 369 g/mol. The van der Waals surface area contributed by atoms with Gasteiger partial charge in [-0.1, -0.05) is 30.3 Å². The third kappa shape index (κ3) is 3.73. The third-order valence-corrected chi connectivity index (χ3v) is 5.74. The van der Waals surface area contributed by atoms with Gasteiger partial charge in [0.05, 0.1) is 29.5 Å². The molecule has 1 amide bonds. The fraction of sp³-hybridized carbons (Fsp3) is 0.429. The zero-order valence-corrected chi connectivity index (χ0v) is 15.1. The standard InChI is InChI=1S/C21H24FN3O2/c22-16-7-8-17(23-12-16)13-25-10-4-9-21(14-25)11-18(26)19(24-20(21)27)15-5-2-1-3-6-15/h1-3,5-8,12,18-19,26H,4,9-11,13-14H2,(H,24,27)/t18-,19+,21+/m1/s1. The lowest BCUT2D eigenvalue weighted by molar-refractivity contribution is -0.145. The van der Waals surface area contributed by atoms with Gasteiger partial charge in [0, 0.05) is 13.1 Å². The molecule has 1 aromatic carbocycles. The van der Waals surface area contributed by atoms with Crippen molar-refractivity contribution in [3.63, 3.8) is 0 Å². The minimum absolute atomic E-state index is 0.0124. The smallest absolute Gasteiger partial charge is 0.228 e. The Morgan fingerprint density at radius 1 is 1.26 bits per heavy atom. The molecule has 4 rings (SSSR count). The third-order valence-electron chi connectivity index (χ3n) is 5.74. The fourth-order valence-corrected chi connectivity index (χ4v) is 4.41. The molecule has 27 heavy (non-hydrogen) atoms. The molecule has 0 aliphatic carbocycles. The SMILES string of the molecule is O=C1N[C@@H](c2ccccc2)[C@H](O)C[C@]12CCCN(Cc1ccc(F)cn1)C2. The molecule has 2 aromatic rings. The van der Waals surface area contributed by atoms with Crippen LogP contribution in [0, 0.1) is 11.2 Å². The topological polar surface area (TPSA) is 65.5 Å². The Hall–Kier alpha value is -2.31. The minimum Gasteiger partial charge on any atom is -0.391 e. The van der Waals surface area contributed by atoms with Crippen LogP contribution in [-0.2, 0) is 11.3 Å². The van der Waals surface area contributed by atoms with Crippen molar-refractivity contribution >= 4 is 5.91 Å². The molecule has 1 spiro atoms. The van der Waals surface area contributed by atoms with Crippen molar-refractivity contribution in [1.82, 2.24) is 15.2 Å². The molecule has 142 valence electrons. The van der Waals surface area contributed by atoms with Crippen molar-refractivity contribution in [2.75, 3.05) is 13.1 Å². The highest BCUT2D eigenvalue weighted by atomic mass is 19.1. The van der Waals surface area contributed by atoms with Crippen molar-refractivity contribution in [3.8, 4) is 0 Å². The number of carbonyl (C=O) groups is 1. The number of carbonyl (C=O) groups excluding carboxylic acids is 1. The molecule has 3 atom stereocenters. The van der Waals surface area contributed by atoms with Gasteiger partial charge in [-0.15, -0.1) is 0 Å². The lowest BCUT2D eigenvalue weighted by atomic mass is 9.70. The number of aliphatic hydroxyl groups is 1. The van der Waals surface area contributed by atoms with E-state index in [1.54, 1.807) is 6.07 Å². The van der Waals surface area contributed by atoms with Gasteiger partial charge < -0.3 is 10.4 Å². The summed E-state index contributed by atoms with van der Waals surface area (Å²) in [5, 5.41) is 13.8. The summed E-state index contributed by atoms with van der Waals surface area (Å²) < 4.78 is 13.1. The van der Waals surface area contributed by atoms with E-state index in [4.69, 9.17) is 0 Å². The normalized spacial score (nSPS) is 28.9. The second-order valence-electron chi connectivity index (χ2n) is 7.70. The van der Waals surface area contributed by atoms with Crippen LogP contribution in [0.2, 0.25) is 0 Å². The Balaban J connectivity index is 1.48. The van der Waals surface area contributed by atoms with E-state index in [0.717, 1.165) is 30.6 Å². The van der Waals surface area contributed by atoms with Crippen LogP contribution in [0.1, 0.15) is 36.6 Å². The highest BCUT2D eigenvalue weighted by Gasteiger charge is 2.49. The summed E-state index contributed by atoms with van der Waals surface area (Å²) in [4.78, 5) is 19.3. The highest BCUT2D eigenvalue weighted by molar-refractivity contribution is 5.84. The molecule has 1 aromatic heterocycles. The predicted octanol–water partition coefficient (Wildman–Crippen LogP) is 2.43. The number of nitrogens with zero attached hydrogens (tertiary/aromatic N) is 2. The number of likely N-dealkylation sites (tertiary alicyclic amines) is 1. The van der Waals surface area contributed by atoms with E-state index in [0.29, 0.717) is 19.5 Å². The zero-order valence-electron chi connectivity index (χ0n) is 15.1. The molecular weight excluding hydrogens is 345 g/mol. The van der Waals surface area contributed by atoms with E-state index in [9.17, 15) is 14.3 Å². The molecular formula is C21H24FN3O2. The number of halogens is 1. The van der Waals surface area contributed by atoms with E-state index in [1.807, 2.05) is 30.3 Å². The number of pyridine rings is 1. The highest BCUT2D eigenvalue weighted by Crippen LogP contribution is 2.41. The van der Waals surface area contributed by atoms with E-state index >= 15 is 0 Å². The predicted molar refractivity (Wildman–Crippen MR) is 99.1 cm³/mol. The van der Waals surface area contributed by atoms with Crippen LogP contribution in [-0.4, -0.2) is 40.1 Å². The molecule has 2 aliphatic rings. The maximum atomic E-state index is 13.1. The van der Waals surface area contributed by atoms with Gasteiger partial charge in [0.15, 0.2) is 0 Å². The maximum Gasteiger partial charge on any atom is 0.228 e. The number of piperidine rings is 2. The van der Waals surface area contributed by atoms with Crippen LogP contribution in [0.4, 0.5) is 4.39 Å². The molecule has 0 radical (unpaired) electrons. The van der Waals surface area contributed by atoms with Gasteiger partial charge in [0.25, 0.3) is 0 Å². The molecule has 2 saturated heterocycles. The first-order chi connectivity index (χ1) is 13.1. The van der Waals surface area contributed by atoms with Crippen LogP contribution in [0.15, 0.2) is 48.7 Å². The number of aromatic nitrogens is 1. The molecule has 0 bridgehead atoms. The van der Waals surface area contributed by atoms with Crippen molar-refractivity contribution in [1.29, 1.82) is 0 Å². The average Bonchev–Trinajstić information content (AvgIpc) is 2.67. The van der Waals surface area contributed by atoms with Gasteiger partial charge in [-0.2, -0.15) is 0 Å². The van der Waals surface area contributed by atoms with Gasteiger partial charge in [-0.25, -0.2) is 4.39 Å². The summed E-state index contributed by atoms with van der Waals surface area (Å²) in [5.74, 6) is -0.339. The van der Waals surface area contributed by atoms with Gasteiger partial charge >= 0.3 is 0 Å². The van der Waals surface area contributed by atoms with Gasteiger partial charge in [-0.05, 0) is 43.5 Å². The Morgan fingerprint density at radius 3 is 2.81 bits per heavy atom. The minimum atomic E-state index is -0.617. The summed E-state index contributed by atoms with van der Waals surface area (Å²) >= 11 is 0. The molecule has 6 heteroatoms. The Labute approximate surface area is 158 Å². The molecule has 5 nitrogen and oxygen atoms in total. The van der Waals surface area contributed by atoms with Crippen LogP contribution in [0.3, 0.4) is 0 Å². The van der Waals surface area contributed by atoms with Crippen LogP contribution < -0.4 is 5.32 Å². The van der Waals surface area contributed by atoms with E-state index in [2.05, 4.69) is 15.2 Å². The molecule has 2 fully saturated rings. The fourth-order valence-electron chi connectivity index (χ4n) is 4.41. The number of rotatable bonds is 3. The number of amides is 1. The molecule has 2 aliphatic heterocycles. The van der Waals surface area contributed by atoms with Crippen molar-refractivity contribution in [2.24, 2.45) is 5.41 Å². The molecule has 0 unspecified atom stereocenters. The van der Waals surface area contributed by atoms with E-state index in [1.165, 1.54) is 12.3 Å². The average molecular weight is 369 g/mol. The quantitative estimate of drug-likeness (QED) is 0.872. The number of hydrogen-bond donors (Lipinski definition) is 2. The largest absolute Gasteiger partial charge is 0.391 e. The van der Waals surface area contributed by atoms with Gasteiger partial charge in [-0.3, -0.25) is 14.7 Å². The first kappa shape index (κ1) is 18.1. The van der Waals surface area contributed by atoms with Gasteiger partial charge in [0.2, 0.25) is 5.91 Å². The zero-order chi connectivity index (χ0) is 18.9. The second kappa shape index (κ2) is 7.37. The Kier molecular flexibility index (Phi) is 4.93. The second-order valence-corrected chi connectivity index (χ2v) is 7.70. The van der Waals surface area contributed by atoms with Crippen LogP contribution >= 0.6 is 0 Å². The number of aliphatic hydroxyl groups excluding tert-OH is 1. The van der Waals surface area contributed by atoms with Gasteiger partial charge in [0.1, 0.15) is 5.82 Å². The van der Waals surface area contributed by atoms with Crippen LogP contribution in [0.5, 0.6) is 0 Å². The number of benzene rings is 1. The Bertz CT molecular complexity index is 799. The van der Waals surface area contributed by atoms with Crippen molar-refractivity contribution in [2.45, 2.75) is 38.0 Å².